The van der Waals surface area contributed by atoms with E-state index in [0.717, 1.165) is 12.0 Å². The molecule has 1 amide bonds. The molecule has 0 heterocycles. The number of ether oxygens (including phenoxy) is 1. The molecular formula is C22H24ClNO5. The van der Waals surface area contributed by atoms with Crippen LogP contribution < -0.4 is 10.1 Å². The maximum Gasteiger partial charge on any atom is 0.303 e. The average Bonchev–Trinajstić information content (AvgIpc) is 2.70. The van der Waals surface area contributed by atoms with E-state index in [9.17, 15) is 14.4 Å². The first-order chi connectivity index (χ1) is 13.9. The van der Waals surface area contributed by atoms with Gasteiger partial charge in [0, 0.05) is 29.8 Å². The summed E-state index contributed by atoms with van der Waals surface area (Å²) in [5, 5.41) is 12.2. The summed E-state index contributed by atoms with van der Waals surface area (Å²) in [5.74, 6) is -0.829. The van der Waals surface area contributed by atoms with Gasteiger partial charge in [-0.2, -0.15) is 0 Å². The second-order valence-electron chi connectivity index (χ2n) is 6.55. The number of aryl methyl sites for hydroxylation is 1. The van der Waals surface area contributed by atoms with Gasteiger partial charge in [-0.15, -0.1) is 0 Å². The fourth-order valence-electron chi connectivity index (χ4n) is 2.64. The Balaban J connectivity index is 2.01. The zero-order chi connectivity index (χ0) is 21.2. The van der Waals surface area contributed by atoms with E-state index >= 15 is 0 Å². The molecule has 0 fully saturated rings. The predicted molar refractivity (Wildman–Crippen MR) is 112 cm³/mol. The summed E-state index contributed by atoms with van der Waals surface area (Å²) in [4.78, 5) is 35.4. The number of carbonyl (C=O) groups excluding carboxylic acids is 2. The normalized spacial score (nSPS) is 10.4. The molecule has 2 aromatic rings. The van der Waals surface area contributed by atoms with E-state index in [-0.39, 0.29) is 31.0 Å². The highest BCUT2D eigenvalue weighted by Gasteiger charge is 2.13. The summed E-state index contributed by atoms with van der Waals surface area (Å²) >= 11 is 5.82. The van der Waals surface area contributed by atoms with Gasteiger partial charge >= 0.3 is 5.97 Å². The van der Waals surface area contributed by atoms with Gasteiger partial charge in [0.2, 0.25) is 5.91 Å². The number of carboxylic acids is 1. The molecule has 6 nitrogen and oxygen atoms in total. The van der Waals surface area contributed by atoms with Crippen LogP contribution in [0.1, 0.15) is 48.5 Å². The van der Waals surface area contributed by atoms with Gasteiger partial charge in [-0.3, -0.25) is 14.4 Å². The second-order valence-corrected chi connectivity index (χ2v) is 6.99. The van der Waals surface area contributed by atoms with Crippen LogP contribution in [0.3, 0.4) is 0 Å². The van der Waals surface area contributed by atoms with Crippen molar-refractivity contribution in [2.45, 2.75) is 39.0 Å². The van der Waals surface area contributed by atoms with Crippen molar-refractivity contribution in [1.29, 1.82) is 0 Å². The number of carbonyl (C=O) groups is 3. The number of benzene rings is 2. The van der Waals surface area contributed by atoms with Gasteiger partial charge in [0.05, 0.1) is 12.3 Å². The number of anilines is 1. The Labute approximate surface area is 174 Å². The van der Waals surface area contributed by atoms with Crippen molar-refractivity contribution in [3.63, 3.8) is 0 Å². The van der Waals surface area contributed by atoms with E-state index in [1.807, 2.05) is 6.92 Å². The third-order valence-corrected chi connectivity index (χ3v) is 4.40. The third-order valence-electron chi connectivity index (χ3n) is 4.15. The van der Waals surface area contributed by atoms with E-state index in [4.69, 9.17) is 21.4 Å². The summed E-state index contributed by atoms with van der Waals surface area (Å²) in [6.45, 7) is 2.47. The number of Topliss-reactive ketones (excluding diaryl/α,β-unsaturated/α-hetero) is 1. The Bertz CT molecular complexity index is 864. The number of nitrogens with one attached hydrogen (secondary N) is 1. The van der Waals surface area contributed by atoms with E-state index < -0.39 is 5.97 Å². The molecule has 0 bridgehead atoms. The van der Waals surface area contributed by atoms with Gasteiger partial charge in [-0.05, 0) is 54.8 Å². The van der Waals surface area contributed by atoms with E-state index in [0.29, 0.717) is 35.1 Å². The molecule has 2 aromatic carbocycles. The van der Waals surface area contributed by atoms with Crippen LogP contribution in [0.15, 0.2) is 42.5 Å². The minimum atomic E-state index is -0.886. The molecule has 2 rings (SSSR count). The highest BCUT2D eigenvalue weighted by molar-refractivity contribution is 6.30. The molecule has 0 atom stereocenters. The van der Waals surface area contributed by atoms with Crippen LogP contribution in [0.5, 0.6) is 5.75 Å². The Morgan fingerprint density at radius 2 is 1.76 bits per heavy atom. The molecule has 0 spiro atoms. The molecule has 2 N–H and O–H groups in total. The van der Waals surface area contributed by atoms with Gasteiger partial charge in [0.1, 0.15) is 5.75 Å². The monoisotopic (exact) mass is 417 g/mol. The van der Waals surface area contributed by atoms with Crippen LogP contribution in [0, 0.1) is 0 Å². The standard InChI is InChI=1S/C22H24ClNO5/c1-2-13-29-20-10-3-15(4-12-22(27)28)14-18(20)24-21(26)11-9-19(25)16-5-7-17(23)8-6-16/h3,5-8,10,14H,2,4,9,11-13H2,1H3,(H,24,26)(H,27,28). The largest absolute Gasteiger partial charge is 0.491 e. The van der Waals surface area contributed by atoms with E-state index in [1.165, 1.54) is 0 Å². The lowest BCUT2D eigenvalue weighted by Gasteiger charge is -2.14. The third kappa shape index (κ3) is 7.58. The van der Waals surface area contributed by atoms with Crippen LogP contribution in [0.25, 0.3) is 0 Å². The highest BCUT2D eigenvalue weighted by Crippen LogP contribution is 2.27. The van der Waals surface area contributed by atoms with Crippen molar-refractivity contribution in [2.24, 2.45) is 0 Å². The fraction of sp³-hybridized carbons (Fsp3) is 0.318. The minimum Gasteiger partial charge on any atom is -0.491 e. The SMILES string of the molecule is CCCOc1ccc(CCC(=O)O)cc1NC(=O)CCC(=O)c1ccc(Cl)cc1. The Hall–Kier alpha value is -2.86. The lowest BCUT2D eigenvalue weighted by atomic mass is 10.1. The summed E-state index contributed by atoms with van der Waals surface area (Å²) < 4.78 is 5.66. The van der Waals surface area contributed by atoms with Gasteiger partial charge in [-0.1, -0.05) is 24.6 Å². The van der Waals surface area contributed by atoms with Gasteiger partial charge in [0.25, 0.3) is 0 Å². The van der Waals surface area contributed by atoms with Crippen molar-refractivity contribution in [2.75, 3.05) is 11.9 Å². The Morgan fingerprint density at radius 3 is 2.41 bits per heavy atom. The molecule has 0 aromatic heterocycles. The molecule has 7 heteroatoms. The second kappa shape index (κ2) is 11.2. The van der Waals surface area contributed by atoms with E-state index in [2.05, 4.69) is 5.32 Å². The van der Waals surface area contributed by atoms with Crippen LogP contribution >= 0.6 is 11.6 Å². The Morgan fingerprint density at radius 1 is 1.03 bits per heavy atom. The number of hydrogen-bond donors (Lipinski definition) is 2. The molecule has 0 saturated carbocycles. The molecule has 29 heavy (non-hydrogen) atoms. The van der Waals surface area contributed by atoms with Crippen molar-refractivity contribution in [1.82, 2.24) is 0 Å². The summed E-state index contributed by atoms with van der Waals surface area (Å²) in [6, 6.07) is 11.8. The van der Waals surface area contributed by atoms with E-state index in [1.54, 1.807) is 42.5 Å². The number of aliphatic carboxylic acids is 1. The van der Waals surface area contributed by atoms with Crippen molar-refractivity contribution < 1.29 is 24.2 Å². The lowest BCUT2D eigenvalue weighted by Crippen LogP contribution is -2.15. The first-order valence-electron chi connectivity index (χ1n) is 9.45. The van der Waals surface area contributed by atoms with Crippen molar-refractivity contribution in [3.05, 3.63) is 58.6 Å². The number of amides is 1. The highest BCUT2D eigenvalue weighted by atomic mass is 35.5. The number of carboxylic acid groups (broad SMARTS) is 1. The van der Waals surface area contributed by atoms with Crippen molar-refractivity contribution in [3.8, 4) is 5.75 Å². The van der Waals surface area contributed by atoms with Gasteiger partial charge in [-0.25, -0.2) is 0 Å². The number of ketones is 1. The van der Waals surface area contributed by atoms with Gasteiger partial charge in [0.15, 0.2) is 5.78 Å². The van der Waals surface area contributed by atoms with Crippen molar-refractivity contribution >= 4 is 34.9 Å². The molecular weight excluding hydrogens is 394 g/mol. The average molecular weight is 418 g/mol. The minimum absolute atomic E-state index is 0.00184. The maximum absolute atomic E-state index is 12.4. The molecule has 0 aliphatic rings. The van der Waals surface area contributed by atoms with Crippen LogP contribution in [0.2, 0.25) is 5.02 Å². The molecule has 0 saturated heterocycles. The maximum atomic E-state index is 12.4. The smallest absolute Gasteiger partial charge is 0.303 e. The Kier molecular flexibility index (Phi) is 8.68. The molecule has 0 aliphatic heterocycles. The first kappa shape index (κ1) is 22.4. The topological polar surface area (TPSA) is 92.7 Å². The lowest BCUT2D eigenvalue weighted by molar-refractivity contribution is -0.137. The zero-order valence-corrected chi connectivity index (χ0v) is 17.0. The first-order valence-corrected chi connectivity index (χ1v) is 9.83. The van der Waals surface area contributed by atoms with Gasteiger partial charge < -0.3 is 15.2 Å². The number of hydrogen-bond acceptors (Lipinski definition) is 4. The van der Waals surface area contributed by atoms with Crippen LogP contribution in [-0.4, -0.2) is 29.4 Å². The number of rotatable bonds is 11. The summed E-state index contributed by atoms with van der Waals surface area (Å²) in [6.07, 6.45) is 1.24. The quantitative estimate of drug-likeness (QED) is 0.515. The fourth-order valence-corrected chi connectivity index (χ4v) is 2.77. The summed E-state index contributed by atoms with van der Waals surface area (Å²) in [7, 11) is 0. The summed E-state index contributed by atoms with van der Waals surface area (Å²) in [5.41, 5.74) is 1.76. The van der Waals surface area contributed by atoms with Crippen LogP contribution in [0.4, 0.5) is 5.69 Å². The molecule has 154 valence electrons. The molecule has 0 unspecified atom stereocenters. The van der Waals surface area contributed by atoms with Crippen LogP contribution in [-0.2, 0) is 16.0 Å². The molecule has 0 aliphatic carbocycles. The predicted octanol–water partition coefficient (Wildman–Crippen LogP) is 4.75. The number of halogens is 1. The molecule has 0 radical (unpaired) electrons. The zero-order valence-electron chi connectivity index (χ0n) is 16.2.